The Hall–Kier alpha value is -2.19. The predicted octanol–water partition coefficient (Wildman–Crippen LogP) is 4.52. The van der Waals surface area contributed by atoms with Crippen molar-refractivity contribution >= 4 is 46.6 Å². The molecule has 29 heavy (non-hydrogen) atoms. The van der Waals surface area contributed by atoms with Crippen LogP contribution in [0.2, 0.25) is 5.02 Å². The van der Waals surface area contributed by atoms with E-state index in [1.54, 1.807) is 32.1 Å². The van der Waals surface area contributed by atoms with Crippen molar-refractivity contribution in [3.8, 4) is 11.5 Å². The molecule has 1 fully saturated rings. The van der Waals surface area contributed by atoms with Crippen molar-refractivity contribution in [1.82, 2.24) is 4.90 Å². The van der Waals surface area contributed by atoms with Crippen LogP contribution in [-0.4, -0.2) is 47.9 Å². The number of carbonyl (C=O) groups is 3. The number of ether oxygens (including phenoxy) is 3. The minimum Gasteiger partial charge on any atom is -0.490 e. The van der Waals surface area contributed by atoms with Crippen molar-refractivity contribution in [3.05, 3.63) is 27.6 Å². The summed E-state index contributed by atoms with van der Waals surface area (Å²) in [7, 11) is 0. The van der Waals surface area contributed by atoms with Crippen LogP contribution in [0.3, 0.4) is 0 Å². The van der Waals surface area contributed by atoms with Gasteiger partial charge in [0.2, 0.25) is 0 Å². The van der Waals surface area contributed by atoms with E-state index in [-0.39, 0.29) is 41.2 Å². The number of hydrogen-bond acceptors (Lipinski definition) is 7. The third-order valence-electron chi connectivity index (χ3n) is 4.12. The Balaban J connectivity index is 2.30. The smallest absolute Gasteiger partial charge is 0.344 e. The fourth-order valence-electron chi connectivity index (χ4n) is 2.60. The zero-order chi connectivity index (χ0) is 21.6. The van der Waals surface area contributed by atoms with Gasteiger partial charge in [-0.3, -0.25) is 14.5 Å². The molecule has 0 saturated carbocycles. The summed E-state index contributed by atoms with van der Waals surface area (Å²) in [6.07, 6.45) is 2.27. The molecule has 0 bridgehead atoms. The summed E-state index contributed by atoms with van der Waals surface area (Å²) in [5, 5.41) is -0.0752. The topological polar surface area (TPSA) is 82.1 Å². The number of thioether (sulfide) groups is 1. The minimum absolute atomic E-state index is 0.172. The van der Waals surface area contributed by atoms with Crippen molar-refractivity contribution in [2.75, 3.05) is 19.8 Å². The molecular weight excluding hydrogens is 418 g/mol. The third kappa shape index (κ3) is 5.67. The Morgan fingerprint density at radius 2 is 1.93 bits per heavy atom. The van der Waals surface area contributed by atoms with Gasteiger partial charge in [0.05, 0.1) is 23.1 Å². The molecular formula is C20H24ClNO6S. The van der Waals surface area contributed by atoms with E-state index < -0.39 is 5.97 Å². The first-order chi connectivity index (χ1) is 13.8. The second-order valence-corrected chi connectivity index (χ2v) is 7.57. The number of esters is 1. The van der Waals surface area contributed by atoms with E-state index in [2.05, 4.69) is 0 Å². The van der Waals surface area contributed by atoms with E-state index in [1.807, 2.05) is 13.8 Å². The van der Waals surface area contributed by atoms with Gasteiger partial charge in [0.25, 0.3) is 11.1 Å². The lowest BCUT2D eigenvalue weighted by molar-refractivity contribution is -0.145. The molecule has 0 aromatic heterocycles. The molecule has 0 N–H and O–H groups in total. The third-order valence-corrected chi connectivity index (χ3v) is 5.29. The summed E-state index contributed by atoms with van der Waals surface area (Å²) < 4.78 is 15.9. The second-order valence-electron chi connectivity index (χ2n) is 6.17. The van der Waals surface area contributed by atoms with Gasteiger partial charge < -0.3 is 14.2 Å². The fourth-order valence-corrected chi connectivity index (χ4v) is 3.81. The van der Waals surface area contributed by atoms with E-state index in [9.17, 15) is 14.4 Å². The molecule has 158 valence electrons. The summed E-state index contributed by atoms with van der Waals surface area (Å²) in [4.78, 5) is 37.9. The molecule has 7 nitrogen and oxygen atoms in total. The highest BCUT2D eigenvalue weighted by molar-refractivity contribution is 8.18. The van der Waals surface area contributed by atoms with Crippen LogP contribution < -0.4 is 9.47 Å². The van der Waals surface area contributed by atoms with Crippen LogP contribution in [0.5, 0.6) is 11.5 Å². The minimum atomic E-state index is -0.520. The summed E-state index contributed by atoms with van der Waals surface area (Å²) in [6, 6.07) is 3.06. The van der Waals surface area contributed by atoms with Gasteiger partial charge in [-0.1, -0.05) is 18.5 Å². The number of nitrogens with zero attached hydrogens (tertiary/aromatic N) is 1. The van der Waals surface area contributed by atoms with Gasteiger partial charge in [0.1, 0.15) is 0 Å². The van der Waals surface area contributed by atoms with Gasteiger partial charge in [-0.2, -0.15) is 0 Å². The van der Waals surface area contributed by atoms with E-state index in [0.29, 0.717) is 29.2 Å². The van der Waals surface area contributed by atoms with Gasteiger partial charge in [-0.15, -0.1) is 0 Å². The van der Waals surface area contributed by atoms with Crippen LogP contribution >= 0.6 is 23.4 Å². The first kappa shape index (κ1) is 23.1. The number of carbonyl (C=O) groups excluding carboxylic acids is 3. The maximum Gasteiger partial charge on any atom is 0.344 e. The van der Waals surface area contributed by atoms with Crippen molar-refractivity contribution in [1.29, 1.82) is 0 Å². The Morgan fingerprint density at radius 3 is 2.55 bits per heavy atom. The summed E-state index contributed by atoms with van der Waals surface area (Å²) in [6.45, 7) is 7.54. The normalized spacial score (nSPS) is 16.3. The SMILES string of the molecule is CCOC(=O)COc1c(Cl)cc(/C=C2/SC(=O)N(C(C)CC)C2=O)cc1OCC. The Bertz CT molecular complexity index is 825. The zero-order valence-corrected chi connectivity index (χ0v) is 18.4. The van der Waals surface area contributed by atoms with E-state index >= 15 is 0 Å². The molecule has 1 heterocycles. The largest absolute Gasteiger partial charge is 0.490 e. The first-order valence-electron chi connectivity index (χ1n) is 9.34. The van der Waals surface area contributed by atoms with Crippen molar-refractivity contribution < 1.29 is 28.6 Å². The lowest BCUT2D eigenvalue weighted by Crippen LogP contribution is -2.36. The zero-order valence-electron chi connectivity index (χ0n) is 16.8. The van der Waals surface area contributed by atoms with E-state index in [4.69, 9.17) is 25.8 Å². The standard InChI is InChI=1S/C20H24ClNO6S/c1-5-12(4)22-19(24)16(29-20(22)25)10-13-8-14(21)18(15(9-13)26-6-2)28-11-17(23)27-7-3/h8-10,12H,5-7,11H2,1-4H3/b16-10+. The highest BCUT2D eigenvalue weighted by atomic mass is 35.5. The Morgan fingerprint density at radius 1 is 1.21 bits per heavy atom. The molecule has 2 rings (SSSR count). The molecule has 0 spiro atoms. The average molecular weight is 442 g/mol. The molecule has 1 atom stereocenters. The Labute approximate surface area is 179 Å². The van der Waals surface area contributed by atoms with Crippen LogP contribution in [0.4, 0.5) is 4.79 Å². The van der Waals surface area contributed by atoms with Gasteiger partial charge >= 0.3 is 5.97 Å². The molecule has 1 aromatic carbocycles. The summed E-state index contributed by atoms with van der Waals surface area (Å²) >= 11 is 7.22. The second kappa shape index (κ2) is 10.5. The fraction of sp³-hybridized carbons (Fsp3) is 0.450. The number of hydrogen-bond donors (Lipinski definition) is 0. The lowest BCUT2D eigenvalue weighted by Gasteiger charge is -2.19. The Kier molecular flexibility index (Phi) is 8.40. The van der Waals surface area contributed by atoms with Crippen LogP contribution in [0.1, 0.15) is 39.7 Å². The summed E-state index contributed by atoms with van der Waals surface area (Å²) in [5.41, 5.74) is 0.580. The molecule has 9 heteroatoms. The van der Waals surface area contributed by atoms with Crippen LogP contribution in [0.15, 0.2) is 17.0 Å². The molecule has 1 aliphatic rings. The monoisotopic (exact) mass is 441 g/mol. The molecule has 1 aromatic rings. The molecule has 1 saturated heterocycles. The van der Waals surface area contributed by atoms with Crippen LogP contribution in [0.25, 0.3) is 6.08 Å². The van der Waals surface area contributed by atoms with Gasteiger partial charge in [0, 0.05) is 6.04 Å². The number of rotatable bonds is 9. The highest BCUT2D eigenvalue weighted by Crippen LogP contribution is 2.39. The quantitative estimate of drug-likeness (QED) is 0.411. The summed E-state index contributed by atoms with van der Waals surface area (Å²) in [5.74, 6) is -0.303. The van der Waals surface area contributed by atoms with Crippen LogP contribution in [-0.2, 0) is 14.3 Å². The molecule has 0 radical (unpaired) electrons. The maximum absolute atomic E-state index is 12.6. The lowest BCUT2D eigenvalue weighted by atomic mass is 10.1. The van der Waals surface area contributed by atoms with Gasteiger partial charge in [0.15, 0.2) is 18.1 Å². The predicted molar refractivity (Wildman–Crippen MR) is 112 cm³/mol. The number of halogens is 1. The molecule has 0 aliphatic carbocycles. The average Bonchev–Trinajstić information content (AvgIpc) is 2.94. The van der Waals surface area contributed by atoms with E-state index in [1.165, 1.54) is 4.90 Å². The number of imide groups is 1. The first-order valence-corrected chi connectivity index (χ1v) is 10.5. The highest BCUT2D eigenvalue weighted by Gasteiger charge is 2.37. The molecule has 1 unspecified atom stereocenters. The van der Waals surface area contributed by atoms with Gasteiger partial charge in [-0.05, 0) is 62.7 Å². The number of benzene rings is 1. The number of amides is 2. The van der Waals surface area contributed by atoms with Gasteiger partial charge in [-0.25, -0.2) is 4.79 Å². The van der Waals surface area contributed by atoms with Crippen LogP contribution in [0, 0.1) is 0 Å². The van der Waals surface area contributed by atoms with Crippen molar-refractivity contribution in [2.24, 2.45) is 0 Å². The molecule has 1 aliphatic heterocycles. The van der Waals surface area contributed by atoms with Crippen molar-refractivity contribution in [3.63, 3.8) is 0 Å². The maximum atomic E-state index is 12.6. The van der Waals surface area contributed by atoms with Crippen molar-refractivity contribution in [2.45, 2.75) is 40.2 Å². The molecule has 2 amide bonds. The van der Waals surface area contributed by atoms with E-state index in [0.717, 1.165) is 11.8 Å².